The van der Waals surface area contributed by atoms with Gasteiger partial charge in [0.25, 0.3) is 0 Å². The summed E-state index contributed by atoms with van der Waals surface area (Å²) in [6.45, 7) is 0. The molecule has 0 atom stereocenters. The van der Waals surface area contributed by atoms with Crippen LogP contribution in [0.3, 0.4) is 0 Å². The number of hydrogen-bond acceptors (Lipinski definition) is 3. The molecule has 5 N–H and O–H groups in total. The average molecular weight is 402 g/mol. The van der Waals surface area contributed by atoms with Gasteiger partial charge < -0.3 is 21.1 Å². The lowest BCUT2D eigenvalue weighted by atomic mass is 10.1. The third-order valence-electron chi connectivity index (χ3n) is 4.82. The quantitative estimate of drug-likeness (QED) is 0.433. The lowest BCUT2D eigenvalue weighted by Gasteiger charge is -2.07. The monoisotopic (exact) mass is 402 g/mol. The van der Waals surface area contributed by atoms with Crippen LogP contribution in [-0.4, -0.2) is 19.0 Å². The minimum Gasteiger partial charge on any atom is -0.495 e. The molecule has 1 amide bonds. The Kier molecular flexibility index (Phi) is 5.61. The molecular formula is C23H24N5O2+. The second-order valence-corrected chi connectivity index (χ2v) is 7.13. The number of amides is 1. The number of carbonyl (C=O) groups is 1. The number of H-pyrrole nitrogens is 1. The summed E-state index contributed by atoms with van der Waals surface area (Å²) in [5, 5.41) is 6.02. The van der Waals surface area contributed by atoms with Crippen molar-refractivity contribution in [3.05, 3.63) is 66.9 Å². The van der Waals surface area contributed by atoms with Crippen molar-refractivity contribution in [2.24, 2.45) is 16.6 Å². The van der Waals surface area contributed by atoms with Crippen LogP contribution in [0.4, 0.5) is 17.2 Å². The smallest absolute Gasteiger partial charge is 0.325 e. The van der Waals surface area contributed by atoms with Crippen LogP contribution in [0.5, 0.6) is 5.75 Å². The lowest BCUT2D eigenvalue weighted by molar-refractivity contribution is -0.361. The predicted molar refractivity (Wildman–Crippen MR) is 118 cm³/mol. The van der Waals surface area contributed by atoms with Gasteiger partial charge in [0.05, 0.1) is 19.0 Å². The molecule has 1 aromatic heterocycles. The van der Waals surface area contributed by atoms with E-state index in [-0.39, 0.29) is 17.8 Å². The maximum absolute atomic E-state index is 12.0. The fourth-order valence-electron chi connectivity index (χ4n) is 3.08. The van der Waals surface area contributed by atoms with Crippen LogP contribution >= 0.6 is 0 Å². The molecule has 4 rings (SSSR count). The van der Waals surface area contributed by atoms with E-state index in [9.17, 15) is 4.79 Å². The van der Waals surface area contributed by atoms with Crippen molar-refractivity contribution < 1.29 is 14.5 Å². The lowest BCUT2D eigenvalue weighted by Crippen LogP contribution is -2.23. The maximum Gasteiger partial charge on any atom is 0.325 e. The van der Waals surface area contributed by atoms with Crippen molar-refractivity contribution in [1.82, 2.24) is 0 Å². The first kappa shape index (κ1) is 19.4. The van der Waals surface area contributed by atoms with E-state index in [0.29, 0.717) is 11.6 Å². The van der Waals surface area contributed by atoms with Crippen molar-refractivity contribution in [3.8, 4) is 16.9 Å². The largest absolute Gasteiger partial charge is 0.495 e. The molecule has 7 nitrogen and oxygen atoms in total. The third-order valence-corrected chi connectivity index (χ3v) is 4.82. The van der Waals surface area contributed by atoms with Crippen LogP contribution in [0.1, 0.15) is 12.8 Å². The van der Waals surface area contributed by atoms with Gasteiger partial charge in [-0.2, -0.15) is 0 Å². The van der Waals surface area contributed by atoms with Gasteiger partial charge in [-0.15, -0.1) is 0 Å². The first-order chi connectivity index (χ1) is 14.6. The fraction of sp³-hybridized carbons (Fsp3) is 0.174. The molecule has 0 saturated heterocycles. The van der Waals surface area contributed by atoms with Gasteiger partial charge in [-0.1, -0.05) is 24.3 Å². The highest BCUT2D eigenvalue weighted by Crippen LogP contribution is 2.31. The number of guanidine groups is 1. The molecule has 30 heavy (non-hydrogen) atoms. The predicted octanol–water partition coefficient (Wildman–Crippen LogP) is 3.58. The summed E-state index contributed by atoms with van der Waals surface area (Å²) >= 11 is 0. The Morgan fingerprint density at radius 2 is 1.90 bits per heavy atom. The number of carbonyl (C=O) groups excluding carboxylic acids is 1. The van der Waals surface area contributed by atoms with E-state index in [0.717, 1.165) is 35.3 Å². The van der Waals surface area contributed by atoms with Crippen LogP contribution in [0.2, 0.25) is 0 Å². The van der Waals surface area contributed by atoms with Gasteiger partial charge in [0.1, 0.15) is 5.75 Å². The minimum absolute atomic E-state index is 0.0985. The first-order valence-electron chi connectivity index (χ1n) is 9.79. The Balaban J connectivity index is 1.46. The molecule has 1 aliphatic carbocycles. The van der Waals surface area contributed by atoms with Gasteiger partial charge in [0.15, 0.2) is 0 Å². The molecule has 152 valence electrons. The summed E-state index contributed by atoms with van der Waals surface area (Å²) in [7, 11) is 1.60. The molecule has 2 aromatic carbocycles. The third kappa shape index (κ3) is 4.75. The zero-order chi connectivity index (χ0) is 20.9. The summed E-state index contributed by atoms with van der Waals surface area (Å²) < 4.78 is 5.30. The zero-order valence-electron chi connectivity index (χ0n) is 16.7. The minimum atomic E-state index is 0.0985. The Labute approximate surface area is 175 Å². The number of aromatic nitrogens is 1. The van der Waals surface area contributed by atoms with Crippen molar-refractivity contribution in [1.29, 1.82) is 0 Å². The number of rotatable bonds is 6. The summed E-state index contributed by atoms with van der Waals surface area (Å²) in [6, 6.07) is 19.1. The van der Waals surface area contributed by atoms with Crippen LogP contribution in [-0.2, 0) is 4.79 Å². The van der Waals surface area contributed by atoms with E-state index >= 15 is 0 Å². The maximum atomic E-state index is 12.0. The number of para-hydroxylation sites is 2. The number of nitrogens with two attached hydrogens (primary N) is 1. The van der Waals surface area contributed by atoms with Crippen molar-refractivity contribution in [3.63, 3.8) is 0 Å². The van der Waals surface area contributed by atoms with Gasteiger partial charge >= 0.3 is 11.8 Å². The van der Waals surface area contributed by atoms with E-state index in [4.69, 9.17) is 10.5 Å². The van der Waals surface area contributed by atoms with Crippen LogP contribution < -0.4 is 26.1 Å². The Morgan fingerprint density at radius 1 is 1.07 bits per heavy atom. The number of benzene rings is 2. The molecule has 0 aliphatic heterocycles. The number of pyridine rings is 1. The molecule has 1 heterocycles. The number of nitrogens with zero attached hydrogens (tertiary/aromatic N) is 1. The van der Waals surface area contributed by atoms with Crippen LogP contribution in [0.25, 0.3) is 11.1 Å². The average Bonchev–Trinajstić information content (AvgIpc) is 3.60. The molecule has 3 aromatic rings. The fourth-order valence-corrected chi connectivity index (χ4v) is 3.08. The van der Waals surface area contributed by atoms with Gasteiger partial charge in [-0.3, -0.25) is 4.79 Å². The summed E-state index contributed by atoms with van der Waals surface area (Å²) in [5.41, 5.74) is 9.55. The number of ether oxygens (including phenoxy) is 1. The molecule has 1 fully saturated rings. The summed E-state index contributed by atoms with van der Waals surface area (Å²) in [4.78, 5) is 19.5. The standard InChI is InChI=1S/C23H23N5O2/c1-30-20-8-3-2-7-19(20)27-23(24)28-21-12-11-17(14-25-21)16-5-4-6-18(13-16)26-22(29)15-9-10-15/h2-8,11-15H,9-10H2,1H3,(H,26,29)(H3,24,25,27,28)/p+1. The van der Waals surface area contributed by atoms with Crippen molar-refractivity contribution in [2.45, 2.75) is 12.8 Å². The van der Waals surface area contributed by atoms with E-state index in [1.54, 1.807) is 7.11 Å². The first-order valence-corrected chi connectivity index (χ1v) is 9.79. The number of aliphatic imine (C=N–C) groups is 1. The van der Waals surface area contributed by atoms with E-state index in [1.807, 2.05) is 66.9 Å². The van der Waals surface area contributed by atoms with Gasteiger partial charge in [-0.05, 0) is 53.7 Å². The van der Waals surface area contributed by atoms with Gasteiger partial charge in [0.2, 0.25) is 5.91 Å². The van der Waals surface area contributed by atoms with Crippen LogP contribution in [0, 0.1) is 5.92 Å². The Bertz CT molecular complexity index is 1070. The number of aromatic amines is 1. The molecular weight excluding hydrogens is 378 g/mol. The van der Waals surface area contributed by atoms with Crippen molar-refractivity contribution >= 4 is 29.1 Å². The van der Waals surface area contributed by atoms with Gasteiger partial charge in [0, 0.05) is 23.2 Å². The topological polar surface area (TPSA) is 103 Å². The SMILES string of the molecule is COc1ccccc1NC(N)=Nc1ccc(-c2cccc(NC(=O)C3CC3)c2)c[nH+]1. The number of methoxy groups -OCH3 is 1. The second kappa shape index (κ2) is 8.65. The number of nitrogens with one attached hydrogen (secondary N) is 3. The molecule has 0 spiro atoms. The molecule has 7 heteroatoms. The number of hydrogen-bond donors (Lipinski definition) is 3. The highest BCUT2D eigenvalue weighted by atomic mass is 16.5. The normalized spacial score (nSPS) is 13.6. The Hall–Kier alpha value is -3.87. The number of anilines is 2. The second-order valence-electron chi connectivity index (χ2n) is 7.13. The molecule has 1 saturated carbocycles. The molecule has 1 aliphatic rings. The van der Waals surface area contributed by atoms with Crippen molar-refractivity contribution in [2.75, 3.05) is 17.7 Å². The Morgan fingerprint density at radius 3 is 2.63 bits per heavy atom. The summed E-state index contributed by atoms with van der Waals surface area (Å²) in [6.07, 6.45) is 3.83. The molecule has 0 radical (unpaired) electrons. The van der Waals surface area contributed by atoms with E-state index in [1.165, 1.54) is 0 Å². The van der Waals surface area contributed by atoms with Gasteiger partial charge in [-0.25, -0.2) is 4.98 Å². The highest BCUT2D eigenvalue weighted by Gasteiger charge is 2.29. The van der Waals surface area contributed by atoms with E-state index < -0.39 is 0 Å². The van der Waals surface area contributed by atoms with Crippen LogP contribution in [0.15, 0.2) is 71.9 Å². The molecule has 0 unspecified atom stereocenters. The zero-order valence-corrected chi connectivity index (χ0v) is 16.7. The summed E-state index contributed by atoms with van der Waals surface area (Å²) in [5.74, 6) is 1.81. The highest BCUT2D eigenvalue weighted by molar-refractivity contribution is 5.95. The van der Waals surface area contributed by atoms with E-state index in [2.05, 4.69) is 20.6 Å². The molecule has 0 bridgehead atoms.